The number of halogens is 2. The quantitative estimate of drug-likeness (QED) is 0.699. The Hall–Kier alpha value is -2.22. The van der Waals surface area contributed by atoms with Crippen LogP contribution in [0.25, 0.3) is 0 Å². The van der Waals surface area contributed by atoms with E-state index in [0.717, 1.165) is 12.6 Å². The largest absolute Gasteiger partial charge is 0.478 e. The lowest BCUT2D eigenvalue weighted by Gasteiger charge is -2.11. The summed E-state index contributed by atoms with van der Waals surface area (Å²) >= 11 is 0. The van der Waals surface area contributed by atoms with Crippen molar-refractivity contribution < 1.29 is 23.5 Å². The van der Waals surface area contributed by atoms with Crippen molar-refractivity contribution in [2.24, 2.45) is 0 Å². The third kappa shape index (κ3) is 5.35. The van der Waals surface area contributed by atoms with Crippen LogP contribution in [0.15, 0.2) is 12.1 Å². The predicted molar refractivity (Wildman–Crippen MR) is 73.5 cm³/mol. The zero-order valence-electron chi connectivity index (χ0n) is 11.7. The molecule has 0 saturated heterocycles. The van der Waals surface area contributed by atoms with Crippen molar-refractivity contribution in [3.8, 4) is 0 Å². The second kappa shape index (κ2) is 7.53. The average molecular weight is 301 g/mol. The zero-order valence-corrected chi connectivity index (χ0v) is 11.7. The van der Waals surface area contributed by atoms with Crippen LogP contribution in [-0.4, -0.2) is 49.2 Å². The van der Waals surface area contributed by atoms with Gasteiger partial charge in [0.15, 0.2) is 0 Å². The van der Waals surface area contributed by atoms with Crippen LogP contribution in [0.1, 0.15) is 16.8 Å². The summed E-state index contributed by atoms with van der Waals surface area (Å²) in [7, 11) is 3.78. The summed E-state index contributed by atoms with van der Waals surface area (Å²) < 4.78 is 26.7. The second-order valence-electron chi connectivity index (χ2n) is 4.65. The zero-order chi connectivity index (χ0) is 16.0. The maximum absolute atomic E-state index is 13.5. The Morgan fingerprint density at radius 2 is 1.90 bits per heavy atom. The minimum atomic E-state index is -1.54. The number of carboxylic acid groups (broad SMARTS) is 1. The Morgan fingerprint density at radius 1 is 1.24 bits per heavy atom. The normalized spacial score (nSPS) is 10.5. The van der Waals surface area contributed by atoms with Crippen LogP contribution in [-0.2, 0) is 0 Å². The van der Waals surface area contributed by atoms with E-state index in [1.54, 1.807) is 0 Å². The predicted octanol–water partition coefficient (Wildman–Crippen LogP) is 1.74. The van der Waals surface area contributed by atoms with E-state index in [1.807, 2.05) is 19.0 Å². The summed E-state index contributed by atoms with van der Waals surface area (Å²) in [5.74, 6) is -3.78. The fourth-order valence-corrected chi connectivity index (χ4v) is 1.57. The minimum Gasteiger partial charge on any atom is -0.478 e. The van der Waals surface area contributed by atoms with Gasteiger partial charge in [-0.05, 0) is 33.1 Å². The molecular formula is C13H17F2N3O3. The molecule has 0 heterocycles. The van der Waals surface area contributed by atoms with Crippen molar-refractivity contribution in [2.45, 2.75) is 6.42 Å². The molecule has 8 heteroatoms. The number of rotatable bonds is 6. The first-order valence-corrected chi connectivity index (χ1v) is 6.23. The summed E-state index contributed by atoms with van der Waals surface area (Å²) in [5, 5.41) is 13.4. The van der Waals surface area contributed by atoms with Crippen LogP contribution < -0.4 is 10.6 Å². The van der Waals surface area contributed by atoms with E-state index in [2.05, 4.69) is 10.6 Å². The van der Waals surface area contributed by atoms with E-state index in [9.17, 15) is 18.4 Å². The van der Waals surface area contributed by atoms with Gasteiger partial charge in [0, 0.05) is 12.6 Å². The van der Waals surface area contributed by atoms with E-state index in [-0.39, 0.29) is 5.69 Å². The van der Waals surface area contributed by atoms with Gasteiger partial charge in [-0.2, -0.15) is 0 Å². The first-order valence-electron chi connectivity index (χ1n) is 6.23. The second-order valence-corrected chi connectivity index (χ2v) is 4.65. The maximum Gasteiger partial charge on any atom is 0.338 e. The van der Waals surface area contributed by atoms with Crippen molar-refractivity contribution in [3.05, 3.63) is 29.3 Å². The summed E-state index contributed by atoms with van der Waals surface area (Å²) in [6.45, 7) is 1.15. The number of hydrogen-bond acceptors (Lipinski definition) is 3. The Labute approximate surface area is 120 Å². The van der Waals surface area contributed by atoms with Crippen LogP contribution in [0.5, 0.6) is 0 Å². The van der Waals surface area contributed by atoms with Crippen LogP contribution in [0.3, 0.4) is 0 Å². The molecule has 0 spiro atoms. The highest BCUT2D eigenvalue weighted by atomic mass is 19.1. The Balaban J connectivity index is 2.63. The van der Waals surface area contributed by atoms with E-state index < -0.39 is 29.2 Å². The van der Waals surface area contributed by atoms with E-state index >= 15 is 0 Å². The lowest BCUT2D eigenvalue weighted by atomic mass is 10.2. The first-order chi connectivity index (χ1) is 9.81. The molecule has 3 N–H and O–H groups in total. The van der Waals surface area contributed by atoms with E-state index in [0.29, 0.717) is 19.0 Å². The van der Waals surface area contributed by atoms with Crippen LogP contribution >= 0.6 is 0 Å². The molecule has 21 heavy (non-hydrogen) atoms. The molecule has 6 nitrogen and oxygen atoms in total. The number of nitrogens with one attached hydrogen (secondary N) is 2. The number of amides is 2. The van der Waals surface area contributed by atoms with Gasteiger partial charge in [0.25, 0.3) is 0 Å². The molecule has 1 aromatic rings. The van der Waals surface area contributed by atoms with Gasteiger partial charge in [0.2, 0.25) is 0 Å². The molecule has 0 fully saturated rings. The molecule has 116 valence electrons. The van der Waals surface area contributed by atoms with Crippen molar-refractivity contribution in [3.63, 3.8) is 0 Å². The molecule has 0 unspecified atom stereocenters. The van der Waals surface area contributed by atoms with Crippen LogP contribution in [0.2, 0.25) is 0 Å². The molecule has 0 atom stereocenters. The minimum absolute atomic E-state index is 0.374. The lowest BCUT2D eigenvalue weighted by molar-refractivity contribution is 0.0692. The monoisotopic (exact) mass is 301 g/mol. The molecule has 1 rings (SSSR count). The maximum atomic E-state index is 13.5. The Morgan fingerprint density at radius 3 is 2.48 bits per heavy atom. The van der Waals surface area contributed by atoms with Gasteiger partial charge in [0.1, 0.15) is 11.6 Å². The Kier molecular flexibility index (Phi) is 6.04. The number of carbonyl (C=O) groups is 2. The van der Waals surface area contributed by atoms with E-state index in [1.165, 1.54) is 0 Å². The SMILES string of the molecule is CN(C)CCCNC(=O)Nc1cc(C(=O)O)c(F)cc1F. The van der Waals surface area contributed by atoms with Crippen LogP contribution in [0, 0.1) is 11.6 Å². The number of aromatic carboxylic acids is 1. The van der Waals surface area contributed by atoms with Gasteiger partial charge in [-0.15, -0.1) is 0 Å². The molecule has 0 aliphatic rings. The van der Waals surface area contributed by atoms with Crippen molar-refractivity contribution in [1.82, 2.24) is 10.2 Å². The fourth-order valence-electron chi connectivity index (χ4n) is 1.57. The fraction of sp³-hybridized carbons (Fsp3) is 0.385. The van der Waals surface area contributed by atoms with Gasteiger partial charge in [-0.1, -0.05) is 0 Å². The van der Waals surface area contributed by atoms with Gasteiger partial charge in [0.05, 0.1) is 11.3 Å². The highest BCUT2D eigenvalue weighted by Gasteiger charge is 2.16. The molecule has 0 radical (unpaired) electrons. The van der Waals surface area contributed by atoms with Gasteiger partial charge in [-0.3, -0.25) is 0 Å². The standard InChI is InChI=1S/C13H17F2N3O3/c1-18(2)5-3-4-16-13(21)17-11-6-8(12(19)20)9(14)7-10(11)15/h6-7H,3-5H2,1-2H3,(H,19,20)(H2,16,17,21). The smallest absolute Gasteiger partial charge is 0.338 e. The van der Waals surface area contributed by atoms with Gasteiger partial charge < -0.3 is 20.6 Å². The third-order valence-electron chi connectivity index (χ3n) is 2.60. The highest BCUT2D eigenvalue weighted by Crippen LogP contribution is 2.19. The molecule has 2 amide bonds. The van der Waals surface area contributed by atoms with E-state index in [4.69, 9.17) is 5.11 Å². The van der Waals surface area contributed by atoms with Crippen molar-refractivity contribution in [2.75, 3.05) is 32.5 Å². The van der Waals surface area contributed by atoms with Crippen molar-refractivity contribution in [1.29, 1.82) is 0 Å². The number of hydrogen-bond donors (Lipinski definition) is 3. The topological polar surface area (TPSA) is 81.7 Å². The summed E-state index contributed by atoms with van der Waals surface area (Å²) in [5.41, 5.74) is -1.10. The third-order valence-corrected chi connectivity index (χ3v) is 2.60. The molecular weight excluding hydrogens is 284 g/mol. The molecule has 1 aromatic carbocycles. The molecule has 0 aliphatic carbocycles. The molecule has 0 aromatic heterocycles. The summed E-state index contributed by atoms with van der Waals surface area (Å²) in [6.07, 6.45) is 0.701. The molecule has 0 aliphatic heterocycles. The first kappa shape index (κ1) is 16.8. The number of anilines is 1. The average Bonchev–Trinajstić information content (AvgIpc) is 2.37. The molecule has 0 bridgehead atoms. The van der Waals surface area contributed by atoms with Crippen LogP contribution in [0.4, 0.5) is 19.3 Å². The summed E-state index contributed by atoms with van der Waals surface area (Å²) in [4.78, 5) is 24.2. The summed E-state index contributed by atoms with van der Waals surface area (Å²) in [6, 6.07) is 0.480. The number of carboxylic acids is 1. The lowest BCUT2D eigenvalue weighted by Crippen LogP contribution is -2.31. The highest BCUT2D eigenvalue weighted by molar-refractivity contribution is 5.93. The number of benzene rings is 1. The van der Waals surface area contributed by atoms with Gasteiger partial charge in [-0.25, -0.2) is 18.4 Å². The Bertz CT molecular complexity index is 536. The number of nitrogens with zero attached hydrogens (tertiary/aromatic N) is 1. The van der Waals surface area contributed by atoms with Crippen molar-refractivity contribution >= 4 is 17.7 Å². The van der Waals surface area contributed by atoms with Gasteiger partial charge >= 0.3 is 12.0 Å². The molecule has 0 saturated carbocycles. The number of urea groups is 1. The number of carbonyl (C=O) groups excluding carboxylic acids is 1.